The summed E-state index contributed by atoms with van der Waals surface area (Å²) in [5.74, 6) is -1.25. The molecule has 1 heterocycles. The summed E-state index contributed by atoms with van der Waals surface area (Å²) in [6, 6.07) is 16.1. The maximum Gasteiger partial charge on any atom is 0.269 e. The van der Waals surface area contributed by atoms with Gasteiger partial charge in [-0.2, -0.15) is 0 Å². The number of carbonyl (C=O) groups excluding carboxylic acids is 1. The normalized spacial score (nSPS) is 11.2. The van der Waals surface area contributed by atoms with Gasteiger partial charge in [0.05, 0.1) is 15.5 Å². The van der Waals surface area contributed by atoms with E-state index in [-0.39, 0.29) is 22.0 Å². The predicted molar refractivity (Wildman–Crippen MR) is 124 cm³/mol. The fourth-order valence-corrected chi connectivity index (χ4v) is 4.99. The van der Waals surface area contributed by atoms with Gasteiger partial charge >= 0.3 is 0 Å². The smallest absolute Gasteiger partial charge is 0.269 e. The molecule has 0 unspecified atom stereocenters. The number of rotatable bonds is 7. The first kappa shape index (κ1) is 22.8. The van der Waals surface area contributed by atoms with Gasteiger partial charge in [0, 0.05) is 41.0 Å². The van der Waals surface area contributed by atoms with Crippen LogP contribution in [0.5, 0.6) is 0 Å². The number of halogens is 1. The number of anilines is 2. The van der Waals surface area contributed by atoms with Gasteiger partial charge in [-0.15, -0.1) is 0 Å². The first-order valence-corrected chi connectivity index (χ1v) is 11.3. The van der Waals surface area contributed by atoms with Gasteiger partial charge in [0.1, 0.15) is 12.4 Å². The Balaban J connectivity index is 1.70. The number of aromatic nitrogens is 1. The van der Waals surface area contributed by atoms with Crippen molar-refractivity contribution in [3.8, 4) is 0 Å². The molecule has 3 aromatic carbocycles. The van der Waals surface area contributed by atoms with Crippen LogP contribution in [0, 0.1) is 15.9 Å². The van der Waals surface area contributed by atoms with Crippen LogP contribution in [-0.2, 0) is 14.8 Å². The zero-order chi connectivity index (χ0) is 24.3. The maximum absolute atomic E-state index is 13.7. The Morgan fingerprint density at radius 3 is 2.41 bits per heavy atom. The SMILES string of the molecule is O=C(CN(c1ccc(F)cc1)S(=O)(=O)c1cccc2cnccc12)Nc1ccc([N+](=O)[O-])cc1. The number of nitro groups is 1. The van der Waals surface area contributed by atoms with Gasteiger partial charge in [0.2, 0.25) is 5.91 Å². The number of sulfonamides is 1. The summed E-state index contributed by atoms with van der Waals surface area (Å²) < 4.78 is 41.8. The number of fused-ring (bicyclic) bond motifs is 1. The molecule has 0 bridgehead atoms. The molecule has 0 aliphatic rings. The number of benzene rings is 3. The predicted octanol–water partition coefficient (Wildman–Crippen LogP) is 4.12. The summed E-state index contributed by atoms with van der Waals surface area (Å²) in [4.78, 5) is 27.0. The zero-order valence-corrected chi connectivity index (χ0v) is 18.3. The van der Waals surface area contributed by atoms with Crippen molar-refractivity contribution in [3.63, 3.8) is 0 Å². The fraction of sp³-hybridized carbons (Fsp3) is 0.0435. The monoisotopic (exact) mass is 480 g/mol. The van der Waals surface area contributed by atoms with Crippen LogP contribution in [-0.4, -0.2) is 30.8 Å². The minimum absolute atomic E-state index is 0.0418. The van der Waals surface area contributed by atoms with Crippen LogP contribution < -0.4 is 9.62 Å². The highest BCUT2D eigenvalue weighted by molar-refractivity contribution is 7.93. The summed E-state index contributed by atoms with van der Waals surface area (Å²) in [7, 11) is -4.27. The number of pyridine rings is 1. The second kappa shape index (κ2) is 9.24. The molecule has 4 rings (SSSR count). The minimum atomic E-state index is -4.27. The van der Waals surface area contributed by atoms with Crippen LogP contribution >= 0.6 is 0 Å². The van der Waals surface area contributed by atoms with E-state index in [0.29, 0.717) is 10.8 Å². The van der Waals surface area contributed by atoms with Gasteiger partial charge in [-0.25, -0.2) is 12.8 Å². The average molecular weight is 480 g/mol. The van der Waals surface area contributed by atoms with Gasteiger partial charge in [0.25, 0.3) is 15.7 Å². The molecule has 1 aromatic heterocycles. The first-order chi connectivity index (χ1) is 16.3. The van der Waals surface area contributed by atoms with Crippen molar-refractivity contribution in [2.24, 2.45) is 0 Å². The molecule has 172 valence electrons. The molecule has 9 nitrogen and oxygen atoms in total. The van der Waals surface area contributed by atoms with Crippen LogP contribution in [0.15, 0.2) is 90.1 Å². The number of non-ortho nitro benzene ring substituents is 1. The summed E-state index contributed by atoms with van der Waals surface area (Å²) >= 11 is 0. The van der Waals surface area contributed by atoms with E-state index in [2.05, 4.69) is 10.3 Å². The second-order valence-corrected chi connectivity index (χ2v) is 9.02. The molecule has 4 aromatic rings. The molecular formula is C23H17FN4O5S. The number of nitrogens with zero attached hydrogens (tertiary/aromatic N) is 3. The fourth-order valence-electron chi connectivity index (χ4n) is 3.36. The standard InChI is InChI=1S/C23H17FN4O5S/c24-17-4-8-19(9-5-17)27(15-23(29)26-18-6-10-20(11-7-18)28(30)31)34(32,33)22-3-1-2-16-14-25-13-12-21(16)22/h1-14H,15H2,(H,26,29). The highest BCUT2D eigenvalue weighted by atomic mass is 32.2. The van der Waals surface area contributed by atoms with Crippen molar-refractivity contribution in [1.82, 2.24) is 4.98 Å². The molecule has 0 aliphatic carbocycles. The number of carbonyl (C=O) groups is 1. The van der Waals surface area contributed by atoms with Crippen LogP contribution in [0.1, 0.15) is 0 Å². The molecule has 0 radical (unpaired) electrons. The Morgan fingerprint density at radius 1 is 1.03 bits per heavy atom. The Kier molecular flexibility index (Phi) is 6.19. The van der Waals surface area contributed by atoms with E-state index in [9.17, 15) is 27.7 Å². The largest absolute Gasteiger partial charge is 0.325 e. The molecule has 0 atom stereocenters. The Bertz CT molecular complexity index is 1470. The molecule has 11 heteroatoms. The van der Waals surface area contributed by atoms with Gasteiger partial charge in [0.15, 0.2) is 0 Å². The lowest BCUT2D eigenvalue weighted by Crippen LogP contribution is -2.38. The van der Waals surface area contributed by atoms with E-state index in [1.54, 1.807) is 18.2 Å². The highest BCUT2D eigenvalue weighted by Gasteiger charge is 2.29. The van der Waals surface area contributed by atoms with Gasteiger partial charge in [-0.1, -0.05) is 12.1 Å². The van der Waals surface area contributed by atoms with Crippen LogP contribution in [0.25, 0.3) is 10.8 Å². The molecular weight excluding hydrogens is 463 g/mol. The van der Waals surface area contributed by atoms with Gasteiger partial charge in [-0.05, 0) is 48.5 Å². The van der Waals surface area contributed by atoms with Gasteiger partial charge < -0.3 is 5.32 Å². The first-order valence-electron chi connectivity index (χ1n) is 9.91. The van der Waals surface area contributed by atoms with Gasteiger partial charge in [-0.3, -0.25) is 24.2 Å². The topological polar surface area (TPSA) is 123 Å². The lowest BCUT2D eigenvalue weighted by atomic mass is 10.2. The van der Waals surface area contributed by atoms with E-state index in [1.807, 2.05) is 0 Å². The van der Waals surface area contributed by atoms with Crippen LogP contribution in [0.3, 0.4) is 0 Å². The van der Waals surface area contributed by atoms with Crippen molar-refractivity contribution in [2.45, 2.75) is 4.90 Å². The molecule has 1 amide bonds. The van der Waals surface area contributed by atoms with E-state index in [1.165, 1.54) is 54.9 Å². The third-order valence-electron chi connectivity index (χ3n) is 4.97. The summed E-state index contributed by atoms with van der Waals surface area (Å²) in [5.41, 5.74) is 0.188. The number of nitro benzene ring substituents is 1. The van der Waals surface area contributed by atoms with Crippen molar-refractivity contribution >= 4 is 43.8 Å². The molecule has 1 N–H and O–H groups in total. The summed E-state index contributed by atoms with van der Waals surface area (Å²) in [6.07, 6.45) is 2.99. The molecule has 34 heavy (non-hydrogen) atoms. The van der Waals surface area contributed by atoms with E-state index in [4.69, 9.17) is 0 Å². The number of amides is 1. The lowest BCUT2D eigenvalue weighted by molar-refractivity contribution is -0.384. The van der Waals surface area contributed by atoms with Crippen LogP contribution in [0.2, 0.25) is 0 Å². The maximum atomic E-state index is 13.7. The number of nitrogens with one attached hydrogen (secondary N) is 1. The average Bonchev–Trinajstić information content (AvgIpc) is 2.83. The zero-order valence-electron chi connectivity index (χ0n) is 17.5. The molecule has 0 saturated carbocycles. The second-order valence-electron chi connectivity index (χ2n) is 7.19. The quantitative estimate of drug-likeness (QED) is 0.314. The molecule has 0 fully saturated rings. The summed E-state index contributed by atoms with van der Waals surface area (Å²) in [6.45, 7) is -0.619. The third kappa shape index (κ3) is 4.69. The van der Waals surface area contributed by atoms with Crippen molar-refractivity contribution in [1.29, 1.82) is 0 Å². The lowest BCUT2D eigenvalue weighted by Gasteiger charge is -2.24. The van der Waals surface area contributed by atoms with Crippen LogP contribution in [0.4, 0.5) is 21.5 Å². The number of hydrogen-bond donors (Lipinski definition) is 1. The van der Waals surface area contributed by atoms with Crippen molar-refractivity contribution in [2.75, 3.05) is 16.2 Å². The van der Waals surface area contributed by atoms with E-state index in [0.717, 1.165) is 16.4 Å². The third-order valence-corrected chi connectivity index (χ3v) is 6.80. The molecule has 0 saturated heterocycles. The molecule has 0 spiro atoms. The highest BCUT2D eigenvalue weighted by Crippen LogP contribution is 2.29. The Labute approximate surface area is 193 Å². The summed E-state index contributed by atoms with van der Waals surface area (Å²) in [5, 5.41) is 14.4. The van der Waals surface area contributed by atoms with E-state index >= 15 is 0 Å². The van der Waals surface area contributed by atoms with E-state index < -0.39 is 33.2 Å². The minimum Gasteiger partial charge on any atom is -0.325 e. The molecule has 0 aliphatic heterocycles. The van der Waals surface area contributed by atoms with Crippen molar-refractivity contribution in [3.05, 3.63) is 101 Å². The Morgan fingerprint density at radius 2 is 1.74 bits per heavy atom. The Hall–Kier alpha value is -4.38. The number of hydrogen-bond acceptors (Lipinski definition) is 6. The van der Waals surface area contributed by atoms with Crippen molar-refractivity contribution < 1.29 is 22.5 Å².